The van der Waals surface area contributed by atoms with E-state index in [4.69, 9.17) is 0 Å². The SMILES string of the molecule is CC[C@@H](C(=O)NC(C)C)N(Cc1cccc(C)c1)C(=O)CCCN(c1cc(C)cc(C)c1)S(C)(=O)=O. The van der Waals surface area contributed by atoms with Crippen molar-refractivity contribution in [2.75, 3.05) is 17.1 Å². The molecule has 1 atom stereocenters. The number of aryl methyl sites for hydroxylation is 3. The molecular weight excluding hydrogens is 474 g/mol. The van der Waals surface area contributed by atoms with Gasteiger partial charge in [0.1, 0.15) is 6.04 Å². The van der Waals surface area contributed by atoms with E-state index >= 15 is 0 Å². The first-order valence-electron chi connectivity index (χ1n) is 12.5. The number of hydrogen-bond donors (Lipinski definition) is 1. The standard InChI is InChI=1S/C28H41N3O4S/c1-8-26(28(33)29-20(2)3)30(19-24-12-9-11-21(4)16-24)27(32)13-10-14-31(36(7,34)35)25-17-22(5)15-23(6)18-25/h9,11-12,15-18,20,26H,8,10,13-14,19H2,1-7H3,(H,29,33)/t26-/m0/s1. The molecule has 0 saturated heterocycles. The molecule has 0 spiro atoms. The number of benzene rings is 2. The number of carbonyl (C=O) groups is 2. The first-order valence-corrected chi connectivity index (χ1v) is 14.4. The van der Waals surface area contributed by atoms with E-state index in [1.807, 2.05) is 84.0 Å². The van der Waals surface area contributed by atoms with E-state index in [9.17, 15) is 18.0 Å². The molecule has 0 unspecified atom stereocenters. The molecule has 0 aliphatic rings. The molecule has 0 fully saturated rings. The van der Waals surface area contributed by atoms with Crippen LogP contribution in [0.2, 0.25) is 0 Å². The molecule has 0 aliphatic carbocycles. The smallest absolute Gasteiger partial charge is 0.243 e. The number of anilines is 1. The molecule has 7 nitrogen and oxygen atoms in total. The van der Waals surface area contributed by atoms with Gasteiger partial charge in [0.05, 0.1) is 11.9 Å². The van der Waals surface area contributed by atoms with Crippen LogP contribution in [0, 0.1) is 20.8 Å². The second-order valence-corrected chi connectivity index (χ2v) is 11.8. The Morgan fingerprint density at radius 3 is 2.14 bits per heavy atom. The van der Waals surface area contributed by atoms with E-state index in [-0.39, 0.29) is 30.8 Å². The Kier molecular flexibility index (Phi) is 10.5. The maximum Gasteiger partial charge on any atom is 0.243 e. The molecule has 2 aromatic rings. The van der Waals surface area contributed by atoms with E-state index in [0.29, 0.717) is 25.1 Å². The average molecular weight is 516 g/mol. The highest BCUT2D eigenvalue weighted by Crippen LogP contribution is 2.22. The highest BCUT2D eigenvalue weighted by molar-refractivity contribution is 7.92. The van der Waals surface area contributed by atoms with E-state index in [0.717, 1.165) is 22.3 Å². The topological polar surface area (TPSA) is 86.8 Å². The van der Waals surface area contributed by atoms with Crippen LogP contribution in [0.25, 0.3) is 0 Å². The second-order valence-electron chi connectivity index (χ2n) is 9.88. The predicted molar refractivity (Wildman–Crippen MR) is 146 cm³/mol. The number of amides is 2. The Morgan fingerprint density at radius 2 is 1.61 bits per heavy atom. The summed E-state index contributed by atoms with van der Waals surface area (Å²) in [5.41, 5.74) is 4.58. The zero-order chi connectivity index (χ0) is 27.0. The number of carbonyl (C=O) groups excluding carboxylic acids is 2. The fraction of sp³-hybridized carbons (Fsp3) is 0.500. The minimum atomic E-state index is -3.53. The van der Waals surface area contributed by atoms with Gasteiger partial charge in [-0.3, -0.25) is 13.9 Å². The maximum atomic E-state index is 13.5. The van der Waals surface area contributed by atoms with Gasteiger partial charge in [-0.15, -0.1) is 0 Å². The van der Waals surface area contributed by atoms with Crippen LogP contribution in [0.4, 0.5) is 5.69 Å². The molecule has 0 aliphatic heterocycles. The summed E-state index contributed by atoms with van der Waals surface area (Å²) in [7, 11) is -3.53. The molecule has 36 heavy (non-hydrogen) atoms. The minimum Gasteiger partial charge on any atom is -0.352 e. The van der Waals surface area contributed by atoms with Crippen molar-refractivity contribution in [3.63, 3.8) is 0 Å². The molecule has 0 radical (unpaired) electrons. The van der Waals surface area contributed by atoms with Gasteiger partial charge in [0, 0.05) is 25.6 Å². The molecule has 0 aromatic heterocycles. The lowest BCUT2D eigenvalue weighted by molar-refractivity contribution is -0.141. The third-order valence-corrected chi connectivity index (χ3v) is 7.09. The zero-order valence-electron chi connectivity index (χ0n) is 22.7. The third kappa shape index (κ3) is 8.66. The molecule has 1 N–H and O–H groups in total. The van der Waals surface area contributed by atoms with Gasteiger partial charge in [0.15, 0.2) is 0 Å². The molecule has 0 saturated carbocycles. The lowest BCUT2D eigenvalue weighted by Crippen LogP contribution is -2.50. The molecule has 198 valence electrons. The van der Waals surface area contributed by atoms with Crippen LogP contribution in [0.15, 0.2) is 42.5 Å². The summed E-state index contributed by atoms with van der Waals surface area (Å²) in [6.45, 7) is 12.0. The monoisotopic (exact) mass is 515 g/mol. The van der Waals surface area contributed by atoms with Gasteiger partial charge < -0.3 is 10.2 Å². The highest BCUT2D eigenvalue weighted by Gasteiger charge is 2.29. The van der Waals surface area contributed by atoms with Gasteiger partial charge in [-0.25, -0.2) is 8.42 Å². The number of sulfonamides is 1. The number of rotatable bonds is 12. The van der Waals surface area contributed by atoms with E-state index in [2.05, 4.69) is 5.32 Å². The van der Waals surface area contributed by atoms with Crippen molar-refractivity contribution in [2.45, 2.75) is 79.4 Å². The van der Waals surface area contributed by atoms with Crippen molar-refractivity contribution in [1.29, 1.82) is 0 Å². The third-order valence-electron chi connectivity index (χ3n) is 5.90. The predicted octanol–water partition coefficient (Wildman–Crippen LogP) is 4.49. The molecule has 8 heteroatoms. The van der Waals surface area contributed by atoms with Crippen molar-refractivity contribution in [1.82, 2.24) is 10.2 Å². The molecule has 2 aromatic carbocycles. The summed E-state index contributed by atoms with van der Waals surface area (Å²) in [5, 5.41) is 2.93. The highest BCUT2D eigenvalue weighted by atomic mass is 32.2. The molecule has 2 rings (SSSR count). The van der Waals surface area contributed by atoms with Crippen molar-refractivity contribution >= 4 is 27.5 Å². The molecule has 0 heterocycles. The van der Waals surface area contributed by atoms with E-state index in [1.54, 1.807) is 4.90 Å². The Bertz CT molecular complexity index is 1140. The summed E-state index contributed by atoms with van der Waals surface area (Å²) in [6, 6.07) is 12.9. The fourth-order valence-corrected chi connectivity index (χ4v) is 5.36. The van der Waals surface area contributed by atoms with Gasteiger partial charge in [-0.05, 0) is 76.3 Å². The summed E-state index contributed by atoms with van der Waals surface area (Å²) in [5.74, 6) is -0.349. The van der Waals surface area contributed by atoms with Crippen molar-refractivity contribution in [2.24, 2.45) is 0 Å². The van der Waals surface area contributed by atoms with Crippen LogP contribution in [-0.2, 0) is 26.2 Å². The van der Waals surface area contributed by atoms with Crippen LogP contribution in [0.1, 0.15) is 62.3 Å². The lowest BCUT2D eigenvalue weighted by Gasteiger charge is -2.31. The van der Waals surface area contributed by atoms with Crippen LogP contribution in [0.3, 0.4) is 0 Å². The average Bonchev–Trinajstić information content (AvgIpc) is 2.74. The molecular formula is C28H41N3O4S. The van der Waals surface area contributed by atoms with Crippen LogP contribution in [0.5, 0.6) is 0 Å². The Balaban J connectivity index is 2.24. The summed E-state index contributed by atoms with van der Waals surface area (Å²) in [4.78, 5) is 28.1. The van der Waals surface area contributed by atoms with Crippen molar-refractivity contribution in [3.05, 3.63) is 64.7 Å². The van der Waals surface area contributed by atoms with Crippen LogP contribution >= 0.6 is 0 Å². The van der Waals surface area contributed by atoms with Gasteiger partial charge >= 0.3 is 0 Å². The normalized spacial score (nSPS) is 12.3. The van der Waals surface area contributed by atoms with Crippen molar-refractivity contribution < 1.29 is 18.0 Å². The Morgan fingerprint density at radius 1 is 0.972 bits per heavy atom. The number of nitrogens with one attached hydrogen (secondary N) is 1. The molecule has 0 bridgehead atoms. The van der Waals surface area contributed by atoms with E-state index < -0.39 is 16.1 Å². The fourth-order valence-electron chi connectivity index (χ4n) is 4.41. The van der Waals surface area contributed by atoms with Gasteiger partial charge in [-0.1, -0.05) is 42.8 Å². The Labute approximate surface area is 216 Å². The lowest BCUT2D eigenvalue weighted by atomic mass is 10.1. The minimum absolute atomic E-state index is 0.0384. The first kappa shape index (κ1) is 29.4. The summed E-state index contributed by atoms with van der Waals surface area (Å²) >= 11 is 0. The Hall–Kier alpha value is -2.87. The van der Waals surface area contributed by atoms with Gasteiger partial charge in [0.25, 0.3) is 0 Å². The second kappa shape index (κ2) is 12.9. The van der Waals surface area contributed by atoms with Gasteiger partial charge in [0.2, 0.25) is 21.8 Å². The maximum absolute atomic E-state index is 13.5. The zero-order valence-corrected chi connectivity index (χ0v) is 23.5. The van der Waals surface area contributed by atoms with Gasteiger partial charge in [-0.2, -0.15) is 0 Å². The largest absolute Gasteiger partial charge is 0.352 e. The van der Waals surface area contributed by atoms with Crippen molar-refractivity contribution in [3.8, 4) is 0 Å². The summed E-state index contributed by atoms with van der Waals surface area (Å²) < 4.78 is 26.5. The molecule has 2 amide bonds. The number of hydrogen-bond acceptors (Lipinski definition) is 4. The summed E-state index contributed by atoms with van der Waals surface area (Å²) in [6.07, 6.45) is 2.13. The first-order chi connectivity index (χ1) is 16.8. The quantitative estimate of drug-likeness (QED) is 0.451. The van der Waals surface area contributed by atoms with Crippen LogP contribution < -0.4 is 9.62 Å². The number of nitrogens with zero attached hydrogens (tertiary/aromatic N) is 2. The van der Waals surface area contributed by atoms with E-state index in [1.165, 1.54) is 10.6 Å². The van der Waals surface area contributed by atoms with Crippen LogP contribution in [-0.4, -0.2) is 50.0 Å².